The lowest BCUT2D eigenvalue weighted by atomic mass is 9.95. The Labute approximate surface area is 129 Å². The number of phenolic OH excluding ortho intramolecular Hbond substituents is 1. The Kier molecular flexibility index (Phi) is 4.24. The molecule has 0 bridgehead atoms. The van der Waals surface area contributed by atoms with Gasteiger partial charge >= 0.3 is 5.97 Å². The van der Waals surface area contributed by atoms with Crippen molar-refractivity contribution in [2.24, 2.45) is 0 Å². The summed E-state index contributed by atoms with van der Waals surface area (Å²) in [6, 6.07) is 7.73. The Morgan fingerprint density at radius 2 is 1.67 bits per heavy atom. The van der Waals surface area contributed by atoms with Crippen molar-refractivity contribution in [3.05, 3.63) is 51.5 Å². The van der Waals surface area contributed by atoms with E-state index in [1.807, 2.05) is 32.9 Å². The van der Waals surface area contributed by atoms with Crippen molar-refractivity contribution in [1.82, 2.24) is 0 Å². The van der Waals surface area contributed by atoms with Crippen LogP contribution in [0.3, 0.4) is 0 Å². The number of phenols is 1. The van der Waals surface area contributed by atoms with Crippen molar-refractivity contribution in [1.29, 1.82) is 0 Å². The molecule has 4 heteroatoms. The van der Waals surface area contributed by atoms with Crippen molar-refractivity contribution in [3.63, 3.8) is 0 Å². The maximum Gasteiger partial charge on any atom is 0.341 e. The van der Waals surface area contributed by atoms with E-state index < -0.39 is 5.97 Å². The fourth-order valence-corrected chi connectivity index (χ4v) is 2.63. The summed E-state index contributed by atoms with van der Waals surface area (Å²) in [6.07, 6.45) is 0. The van der Waals surface area contributed by atoms with E-state index in [1.165, 1.54) is 7.11 Å². The maximum absolute atomic E-state index is 11.8. The molecule has 2 aromatic carbocycles. The number of aryl methyl sites for hydroxylation is 2. The minimum Gasteiger partial charge on any atom is -0.505 e. The average molecular weight is 305 g/mol. The van der Waals surface area contributed by atoms with Crippen LogP contribution in [0, 0.1) is 20.8 Å². The van der Waals surface area contributed by atoms with E-state index in [2.05, 4.69) is 6.07 Å². The fraction of sp³-hybridized carbons (Fsp3) is 0.235. The van der Waals surface area contributed by atoms with Crippen LogP contribution in [0.2, 0.25) is 5.02 Å². The molecule has 0 heterocycles. The van der Waals surface area contributed by atoms with Gasteiger partial charge in [0.25, 0.3) is 0 Å². The minimum absolute atomic E-state index is 0.0715. The molecule has 0 spiro atoms. The minimum atomic E-state index is -0.611. The Morgan fingerprint density at radius 3 is 2.19 bits per heavy atom. The molecular formula is C17H17ClO3. The summed E-state index contributed by atoms with van der Waals surface area (Å²) in [5, 5.41) is 10.2. The number of halogens is 1. The summed E-state index contributed by atoms with van der Waals surface area (Å²) < 4.78 is 4.69. The number of carbonyl (C=O) groups is 1. The predicted octanol–water partition coefficient (Wildman–Crippen LogP) is 4.42. The van der Waals surface area contributed by atoms with Gasteiger partial charge in [0.1, 0.15) is 11.3 Å². The number of hydrogen-bond acceptors (Lipinski definition) is 3. The highest BCUT2D eigenvalue weighted by atomic mass is 35.5. The third-order valence-electron chi connectivity index (χ3n) is 3.42. The highest BCUT2D eigenvalue weighted by Crippen LogP contribution is 2.38. The first-order valence-corrected chi connectivity index (χ1v) is 6.92. The van der Waals surface area contributed by atoms with E-state index in [1.54, 1.807) is 6.07 Å². The van der Waals surface area contributed by atoms with Crippen LogP contribution in [0.1, 0.15) is 27.0 Å². The number of ether oxygens (including phenoxy) is 1. The average Bonchev–Trinajstić information content (AvgIpc) is 2.43. The molecule has 3 nitrogen and oxygen atoms in total. The van der Waals surface area contributed by atoms with Gasteiger partial charge < -0.3 is 9.84 Å². The van der Waals surface area contributed by atoms with Crippen molar-refractivity contribution in [2.75, 3.05) is 7.11 Å². The van der Waals surface area contributed by atoms with Crippen LogP contribution in [-0.2, 0) is 4.74 Å². The Bertz CT molecular complexity index is 700. The number of rotatable bonds is 2. The lowest BCUT2D eigenvalue weighted by Crippen LogP contribution is -2.03. The molecule has 0 aliphatic carbocycles. The molecule has 0 saturated carbocycles. The molecule has 2 aromatic rings. The van der Waals surface area contributed by atoms with Crippen LogP contribution < -0.4 is 0 Å². The monoisotopic (exact) mass is 304 g/mol. The number of hydrogen-bond donors (Lipinski definition) is 1. The molecule has 1 N–H and O–H groups in total. The molecule has 0 fully saturated rings. The largest absolute Gasteiger partial charge is 0.505 e. The Hall–Kier alpha value is -2.00. The second kappa shape index (κ2) is 5.78. The topological polar surface area (TPSA) is 46.5 Å². The quantitative estimate of drug-likeness (QED) is 0.835. The van der Waals surface area contributed by atoms with E-state index in [0.29, 0.717) is 0 Å². The lowest BCUT2D eigenvalue weighted by Gasteiger charge is -2.14. The number of benzene rings is 2. The number of aromatic hydroxyl groups is 1. The number of methoxy groups -OCH3 is 1. The van der Waals surface area contributed by atoms with Gasteiger partial charge in [0.15, 0.2) is 0 Å². The zero-order chi connectivity index (χ0) is 15.7. The first-order chi connectivity index (χ1) is 9.85. The van der Waals surface area contributed by atoms with Crippen molar-refractivity contribution in [3.8, 4) is 16.9 Å². The van der Waals surface area contributed by atoms with Gasteiger partial charge in [-0.25, -0.2) is 4.79 Å². The van der Waals surface area contributed by atoms with Gasteiger partial charge in [-0.1, -0.05) is 40.9 Å². The molecule has 0 amide bonds. The number of carbonyl (C=O) groups excluding carboxylic acids is 1. The van der Waals surface area contributed by atoms with Crippen LogP contribution in [-0.4, -0.2) is 18.2 Å². The molecule has 0 atom stereocenters. The highest BCUT2D eigenvalue weighted by molar-refractivity contribution is 6.33. The first kappa shape index (κ1) is 15.4. The van der Waals surface area contributed by atoms with E-state index in [-0.39, 0.29) is 16.3 Å². The summed E-state index contributed by atoms with van der Waals surface area (Å²) in [5.74, 6) is -0.853. The normalized spacial score (nSPS) is 10.5. The van der Waals surface area contributed by atoms with E-state index >= 15 is 0 Å². The standard InChI is InChI=1S/C17H17ClO3/c1-9-5-10(2)7-12(6-9)13-8-14(17(20)21-4)16(19)15(18)11(13)3/h5-8,19H,1-4H3. The van der Waals surface area contributed by atoms with Gasteiger partial charge in [-0.3, -0.25) is 0 Å². The van der Waals surface area contributed by atoms with Crippen LogP contribution in [0.15, 0.2) is 24.3 Å². The Morgan fingerprint density at radius 1 is 1.10 bits per heavy atom. The highest BCUT2D eigenvalue weighted by Gasteiger charge is 2.20. The second-order valence-electron chi connectivity index (χ2n) is 5.13. The number of esters is 1. The smallest absolute Gasteiger partial charge is 0.341 e. The van der Waals surface area contributed by atoms with Gasteiger partial charge in [-0.05, 0) is 43.5 Å². The molecule has 110 valence electrons. The molecule has 0 radical (unpaired) electrons. The third kappa shape index (κ3) is 2.88. The third-order valence-corrected chi connectivity index (χ3v) is 3.89. The molecule has 21 heavy (non-hydrogen) atoms. The Balaban J connectivity index is 2.74. The molecular weight excluding hydrogens is 288 g/mol. The van der Waals surface area contributed by atoms with E-state index in [0.717, 1.165) is 27.8 Å². The van der Waals surface area contributed by atoms with Crippen LogP contribution in [0.5, 0.6) is 5.75 Å². The van der Waals surface area contributed by atoms with Crippen molar-refractivity contribution >= 4 is 17.6 Å². The summed E-state index contributed by atoms with van der Waals surface area (Å²) in [4.78, 5) is 11.8. The zero-order valence-corrected chi connectivity index (χ0v) is 13.2. The maximum atomic E-state index is 11.8. The van der Waals surface area contributed by atoms with E-state index in [9.17, 15) is 9.90 Å². The van der Waals surface area contributed by atoms with Crippen molar-refractivity contribution in [2.45, 2.75) is 20.8 Å². The van der Waals surface area contributed by atoms with Crippen LogP contribution in [0.25, 0.3) is 11.1 Å². The molecule has 0 aromatic heterocycles. The van der Waals surface area contributed by atoms with Gasteiger partial charge in [0.05, 0.1) is 12.1 Å². The SMILES string of the molecule is COC(=O)c1cc(-c2cc(C)cc(C)c2)c(C)c(Cl)c1O. The molecule has 0 saturated heterocycles. The van der Waals surface area contributed by atoms with Gasteiger partial charge in [0, 0.05) is 0 Å². The fourth-order valence-electron chi connectivity index (χ4n) is 2.43. The van der Waals surface area contributed by atoms with Gasteiger partial charge in [-0.15, -0.1) is 0 Å². The molecule has 0 aliphatic rings. The molecule has 0 unspecified atom stereocenters. The lowest BCUT2D eigenvalue weighted by molar-refractivity contribution is 0.0597. The first-order valence-electron chi connectivity index (χ1n) is 6.54. The van der Waals surface area contributed by atoms with Crippen molar-refractivity contribution < 1.29 is 14.6 Å². The molecule has 0 aliphatic heterocycles. The summed E-state index contributed by atoms with van der Waals surface area (Å²) in [6.45, 7) is 5.83. The zero-order valence-electron chi connectivity index (χ0n) is 12.5. The van der Waals surface area contributed by atoms with Gasteiger partial charge in [-0.2, -0.15) is 0 Å². The predicted molar refractivity (Wildman–Crippen MR) is 84.1 cm³/mol. The van der Waals surface area contributed by atoms with E-state index in [4.69, 9.17) is 16.3 Å². The molecule has 2 rings (SSSR count). The van der Waals surface area contributed by atoms with Gasteiger partial charge in [0.2, 0.25) is 0 Å². The van der Waals surface area contributed by atoms with Crippen LogP contribution in [0.4, 0.5) is 0 Å². The van der Waals surface area contributed by atoms with Crippen LogP contribution >= 0.6 is 11.6 Å². The summed E-state index contributed by atoms with van der Waals surface area (Å²) in [7, 11) is 1.27. The second-order valence-corrected chi connectivity index (χ2v) is 5.51. The summed E-state index contributed by atoms with van der Waals surface area (Å²) >= 11 is 6.16. The summed E-state index contributed by atoms with van der Waals surface area (Å²) in [5.41, 5.74) is 4.80.